The topological polar surface area (TPSA) is 114 Å². The second-order valence-electron chi connectivity index (χ2n) is 3.94. The van der Waals surface area contributed by atoms with E-state index in [1.54, 1.807) is 0 Å². The number of nitrogens with one attached hydrogen (secondary N) is 2. The summed E-state index contributed by atoms with van der Waals surface area (Å²) in [6.07, 6.45) is -1.95. The van der Waals surface area contributed by atoms with E-state index in [9.17, 15) is 8.78 Å². The summed E-state index contributed by atoms with van der Waals surface area (Å²) < 4.78 is 25.8. The lowest BCUT2D eigenvalue weighted by Crippen LogP contribution is -2.27. The van der Waals surface area contributed by atoms with E-state index in [1.165, 1.54) is 17.3 Å². The van der Waals surface area contributed by atoms with Crippen LogP contribution >= 0.6 is 0 Å². The maximum absolute atomic E-state index is 12.3. The number of halogens is 2. The van der Waals surface area contributed by atoms with E-state index in [4.69, 9.17) is 5.11 Å². The van der Waals surface area contributed by atoms with Gasteiger partial charge in [0.05, 0.1) is 0 Å². The molecule has 0 spiro atoms. The highest BCUT2D eigenvalue weighted by Crippen LogP contribution is 2.09. The van der Waals surface area contributed by atoms with E-state index in [2.05, 4.69) is 35.7 Å². The van der Waals surface area contributed by atoms with Crippen LogP contribution in [0.15, 0.2) is 12.7 Å². The Morgan fingerprint density at radius 1 is 1.24 bits per heavy atom. The Hall–Kier alpha value is -2.43. The highest BCUT2D eigenvalue weighted by atomic mass is 19.3. The minimum Gasteiger partial charge on any atom is -0.385 e. The monoisotopic (exact) mass is 300 g/mol. The molecule has 0 amide bonds. The van der Waals surface area contributed by atoms with Crippen LogP contribution in [0.4, 0.5) is 20.7 Å². The number of alkyl halides is 2. The molecular weight excluding hydrogens is 286 g/mol. The van der Waals surface area contributed by atoms with Gasteiger partial charge in [0.1, 0.15) is 18.8 Å². The van der Waals surface area contributed by atoms with Gasteiger partial charge in [0, 0.05) is 13.1 Å². The molecule has 114 valence electrons. The maximum atomic E-state index is 12.3. The largest absolute Gasteiger partial charge is 0.385 e. The van der Waals surface area contributed by atoms with Crippen molar-refractivity contribution in [2.24, 2.45) is 0 Å². The molecule has 0 saturated heterocycles. The third-order valence-electron chi connectivity index (χ3n) is 2.34. The highest BCUT2D eigenvalue weighted by Gasteiger charge is 2.17. The summed E-state index contributed by atoms with van der Waals surface area (Å²) in [6, 6.07) is 0. The summed E-state index contributed by atoms with van der Waals surface area (Å²) in [5.74, 6) is 0.477. The van der Waals surface area contributed by atoms with Crippen LogP contribution in [0.2, 0.25) is 0 Å². The number of nitrogens with zero attached hydrogens (tertiary/aromatic N) is 6. The van der Waals surface area contributed by atoms with Crippen LogP contribution in [0.5, 0.6) is 0 Å². The smallest absolute Gasteiger partial charge is 0.265 e. The summed E-state index contributed by atoms with van der Waals surface area (Å²) >= 11 is 0. The third kappa shape index (κ3) is 4.02. The summed E-state index contributed by atoms with van der Waals surface area (Å²) in [5, 5.41) is 18.4. The second-order valence-corrected chi connectivity index (χ2v) is 3.94. The van der Waals surface area contributed by atoms with Crippen LogP contribution in [0.3, 0.4) is 0 Å². The maximum Gasteiger partial charge on any atom is 0.265 e. The Kier molecular flexibility index (Phi) is 4.87. The predicted octanol–water partition coefficient (Wildman–Crippen LogP) is -0.0780. The lowest BCUT2D eigenvalue weighted by atomic mass is 10.4. The molecule has 0 aliphatic heterocycles. The van der Waals surface area contributed by atoms with Crippen molar-refractivity contribution in [3.63, 3.8) is 0 Å². The van der Waals surface area contributed by atoms with Crippen molar-refractivity contribution in [1.82, 2.24) is 29.7 Å². The molecule has 0 aliphatic carbocycles. The number of rotatable bonds is 7. The van der Waals surface area contributed by atoms with E-state index in [0.29, 0.717) is 6.54 Å². The quantitative estimate of drug-likeness (QED) is 0.651. The van der Waals surface area contributed by atoms with Crippen LogP contribution in [-0.2, 0) is 0 Å². The van der Waals surface area contributed by atoms with Crippen molar-refractivity contribution in [1.29, 1.82) is 0 Å². The van der Waals surface area contributed by atoms with Gasteiger partial charge in [-0.1, -0.05) is 0 Å². The van der Waals surface area contributed by atoms with Gasteiger partial charge in [-0.25, -0.2) is 13.8 Å². The van der Waals surface area contributed by atoms with Gasteiger partial charge in [-0.2, -0.15) is 24.7 Å². The van der Waals surface area contributed by atoms with Gasteiger partial charge in [-0.05, 0) is 6.92 Å². The molecule has 1 atom stereocenters. The van der Waals surface area contributed by atoms with E-state index < -0.39 is 12.5 Å². The van der Waals surface area contributed by atoms with Gasteiger partial charge in [0.15, 0.2) is 0 Å². The number of aliphatic hydroxyl groups excluding tert-OH is 1. The van der Waals surface area contributed by atoms with E-state index in [-0.39, 0.29) is 24.4 Å². The van der Waals surface area contributed by atoms with Crippen molar-refractivity contribution in [2.45, 2.75) is 19.5 Å². The first kappa shape index (κ1) is 15.0. The summed E-state index contributed by atoms with van der Waals surface area (Å²) in [5.41, 5.74) is 0. The number of aromatic nitrogens is 6. The summed E-state index contributed by atoms with van der Waals surface area (Å²) in [6.45, 7) is 2.04. The fourth-order valence-corrected chi connectivity index (χ4v) is 1.38. The molecule has 0 radical (unpaired) electrons. The van der Waals surface area contributed by atoms with E-state index >= 15 is 0 Å². The molecule has 0 saturated carbocycles. The van der Waals surface area contributed by atoms with Gasteiger partial charge in [-0.3, -0.25) is 0 Å². The molecule has 2 aromatic rings. The average Bonchev–Trinajstić information content (AvgIpc) is 2.99. The molecule has 2 aromatic heterocycles. The van der Waals surface area contributed by atoms with Crippen molar-refractivity contribution in [3.8, 4) is 5.95 Å². The summed E-state index contributed by atoms with van der Waals surface area (Å²) in [4.78, 5) is 15.9. The van der Waals surface area contributed by atoms with Crippen LogP contribution in [0.25, 0.3) is 5.95 Å². The lowest BCUT2D eigenvalue weighted by molar-refractivity contribution is 0.00376. The fourth-order valence-electron chi connectivity index (χ4n) is 1.38. The first-order valence-corrected chi connectivity index (χ1v) is 6.15. The van der Waals surface area contributed by atoms with Gasteiger partial charge in [0.25, 0.3) is 12.4 Å². The SMILES string of the molecule is CCNc1nc(NCC(O)C(F)F)nc(-n2cncn2)n1. The Morgan fingerprint density at radius 3 is 2.52 bits per heavy atom. The van der Waals surface area contributed by atoms with Crippen molar-refractivity contribution < 1.29 is 13.9 Å². The molecule has 3 N–H and O–H groups in total. The number of hydrogen-bond acceptors (Lipinski definition) is 8. The molecule has 0 aromatic carbocycles. The molecule has 9 nitrogen and oxygen atoms in total. The van der Waals surface area contributed by atoms with Gasteiger partial charge in [0.2, 0.25) is 11.9 Å². The number of hydrogen-bond donors (Lipinski definition) is 3. The van der Waals surface area contributed by atoms with Crippen molar-refractivity contribution in [3.05, 3.63) is 12.7 Å². The van der Waals surface area contributed by atoms with Gasteiger partial charge in [-0.15, -0.1) is 0 Å². The first-order chi connectivity index (χ1) is 10.1. The minimum atomic E-state index is -2.85. The zero-order valence-corrected chi connectivity index (χ0v) is 11.1. The highest BCUT2D eigenvalue weighted by molar-refractivity contribution is 5.37. The molecule has 2 heterocycles. The molecule has 21 heavy (non-hydrogen) atoms. The zero-order valence-electron chi connectivity index (χ0n) is 11.1. The van der Waals surface area contributed by atoms with E-state index in [0.717, 1.165) is 0 Å². The molecule has 0 fully saturated rings. The average molecular weight is 300 g/mol. The van der Waals surface area contributed by atoms with E-state index in [1.807, 2.05) is 6.92 Å². The molecule has 0 bridgehead atoms. The third-order valence-corrected chi connectivity index (χ3v) is 2.34. The normalized spacial score (nSPS) is 12.4. The lowest BCUT2D eigenvalue weighted by Gasteiger charge is -2.12. The van der Waals surface area contributed by atoms with Crippen LogP contribution in [0, 0.1) is 0 Å². The van der Waals surface area contributed by atoms with Crippen LogP contribution < -0.4 is 10.6 Å². The Morgan fingerprint density at radius 2 is 1.95 bits per heavy atom. The van der Waals surface area contributed by atoms with Crippen LogP contribution in [-0.4, -0.2) is 60.4 Å². The molecular formula is C10H14F2N8O. The predicted molar refractivity (Wildman–Crippen MR) is 69.4 cm³/mol. The Balaban J connectivity index is 2.19. The molecule has 0 aliphatic rings. The van der Waals surface area contributed by atoms with Gasteiger partial charge >= 0.3 is 0 Å². The number of aliphatic hydroxyl groups is 1. The van der Waals surface area contributed by atoms with Crippen molar-refractivity contribution >= 4 is 11.9 Å². The van der Waals surface area contributed by atoms with Crippen molar-refractivity contribution in [2.75, 3.05) is 23.7 Å². The summed E-state index contributed by atoms with van der Waals surface area (Å²) in [7, 11) is 0. The molecule has 1 unspecified atom stereocenters. The Labute approximate surface area is 118 Å². The minimum absolute atomic E-state index is 0.0474. The van der Waals surface area contributed by atoms with Gasteiger partial charge < -0.3 is 15.7 Å². The molecule has 2 rings (SSSR count). The standard InChI is InChI=1S/C10H14F2N8O/c1-2-14-8-17-9(15-3-6(21)7(11)12)19-10(18-8)20-5-13-4-16-20/h4-7,21H,2-3H2,1H3,(H2,14,15,17,18,19). The second kappa shape index (κ2) is 6.83. The number of anilines is 2. The van der Waals surface area contributed by atoms with Crippen LogP contribution in [0.1, 0.15) is 6.92 Å². The zero-order chi connectivity index (χ0) is 15.2. The molecule has 11 heteroatoms. The Bertz CT molecular complexity index is 564. The fraction of sp³-hybridized carbons (Fsp3) is 0.500. The first-order valence-electron chi connectivity index (χ1n) is 6.15.